The van der Waals surface area contributed by atoms with E-state index in [-0.39, 0.29) is 0 Å². The first-order valence-electron chi connectivity index (χ1n) is 34.5. The van der Waals surface area contributed by atoms with Crippen molar-refractivity contribution in [1.82, 2.24) is 110 Å². The van der Waals surface area contributed by atoms with Gasteiger partial charge in [-0.3, -0.25) is 24.9 Å². The molecule has 1 aromatic carbocycles. The highest BCUT2D eigenvalue weighted by Crippen LogP contribution is 2.37. The summed E-state index contributed by atoms with van der Waals surface area (Å²) in [5.74, 6) is 7.02. The van der Waals surface area contributed by atoms with Crippen molar-refractivity contribution in [3.63, 3.8) is 0 Å². The highest BCUT2D eigenvalue weighted by atomic mass is 32.1. The van der Waals surface area contributed by atoms with Crippen LogP contribution in [0.5, 0.6) is 0 Å². The van der Waals surface area contributed by atoms with Crippen LogP contribution in [0.4, 0.5) is 0 Å². The van der Waals surface area contributed by atoms with Gasteiger partial charge in [-0.05, 0) is 103 Å². The van der Waals surface area contributed by atoms with Gasteiger partial charge < -0.3 is 4.42 Å². The number of hydrogen-bond acceptors (Lipinski definition) is 17. The molecule has 30 heteroatoms. The van der Waals surface area contributed by atoms with Crippen LogP contribution in [-0.2, 0) is 46.7 Å². The van der Waals surface area contributed by atoms with Gasteiger partial charge in [-0.15, -0.1) is 4.98 Å². The van der Waals surface area contributed by atoms with E-state index in [1.54, 1.807) is 60.8 Å². The third-order valence-corrected chi connectivity index (χ3v) is 20.5. The summed E-state index contributed by atoms with van der Waals surface area (Å²) >= 11 is 1.71. The molecule has 0 radical (unpaired) electrons. The first kappa shape index (κ1) is 53.8. The van der Waals surface area contributed by atoms with Gasteiger partial charge in [0.2, 0.25) is 22.3 Å². The molecule has 26 rings (SSSR count). The quantitative estimate of drug-likeness (QED) is 0.149. The second-order valence-corrected chi connectivity index (χ2v) is 26.0. The lowest BCUT2D eigenvalue weighted by Crippen LogP contribution is -2.32. The summed E-state index contributed by atoms with van der Waals surface area (Å²) in [6.45, 7) is 1.23. The highest BCUT2D eigenvalue weighted by Gasteiger charge is 2.41. The van der Waals surface area contributed by atoms with Crippen molar-refractivity contribution in [1.29, 1.82) is 0 Å². The zero-order valence-electron chi connectivity index (χ0n) is 57.1. The number of aryl methyl sites for hydroxylation is 2. The van der Waals surface area contributed by atoms with Crippen LogP contribution >= 0.6 is 11.3 Å². The van der Waals surface area contributed by atoms with Gasteiger partial charge in [0.05, 0.1) is 93.0 Å². The third kappa shape index (κ3) is 8.27. The molecule has 490 valence electrons. The number of thiazole rings is 1. The van der Waals surface area contributed by atoms with Gasteiger partial charge in [0.1, 0.15) is 50.8 Å². The maximum absolute atomic E-state index is 7.95. The number of fused-ring (bicyclic) bond motifs is 35. The molecule has 0 fully saturated rings. The zero-order chi connectivity index (χ0) is 70.2. The first-order valence-corrected chi connectivity index (χ1v) is 33.8. The van der Waals surface area contributed by atoms with Crippen molar-refractivity contribution < 1.29 is 31.4 Å². The molecule has 0 saturated carbocycles. The molecule has 0 bridgehead atoms. The van der Waals surface area contributed by atoms with E-state index in [4.69, 9.17) is 13.5 Å². The average molecular weight is 1370 g/mol. The Morgan fingerprint density at radius 2 is 0.757 bits per heavy atom. The lowest BCUT2D eigenvalue weighted by molar-refractivity contribution is -0.652. The molecular weight excluding hydrogens is 1320 g/mol. The molecule has 5 aliphatic heterocycles. The SMILES string of the molecule is Cn1c2[n+](c3c1nc1ncccn13)Cc1ncccc1-2.[2H]C([2H])([2H])n1c2[n+](c3c1nc1ncccn13)Cc1ncccc1-2.c1ccc(-n2c3[n+](c4c2nc2ncccn24)Cc2ncccc2-3)cc1.c1cnc2c(c1)-c1oc3nc4ncccn4c3[n+]1C2.c1cnc2c(c1)-c1sc3nc4ncccn4c3[n+]1C2. The van der Waals surface area contributed by atoms with Gasteiger partial charge in [0.15, 0.2) is 5.01 Å². The lowest BCUT2D eigenvalue weighted by Gasteiger charge is -2.02. The molecule has 0 spiro atoms. The van der Waals surface area contributed by atoms with Crippen molar-refractivity contribution in [3.8, 4) is 61.9 Å². The Balaban J connectivity index is 0.0000000830. The molecule has 0 aliphatic carbocycles. The molecule has 0 unspecified atom stereocenters. The standard InChI is InChI=1S/C19H13N6.2C14H11N6.C13H8N5O.C13H8N5S/c1-2-6-13(7-3-1)25-16-18(23-11-5-10-21-19(23)22-16)24-12-15-14(17(24)25)8-4-9-20-15;2*1-18-11-13(19-7-3-6-16-14(19)17-11)20-8-10-9(12(18)20)4-2-5-15-10;2*1-3-8-9(14-4-1)7-18-11-10(19-12(8)18)16-13-15-5-2-6-17(11)13/h1-11H,12H2;2*2-7H,8H2,1H3;2*1-6H,7H2/q5*+1/i;1D3;;;. The average Bonchev–Trinajstić information content (AvgIpc) is 1.54. The Hall–Kier alpha value is -14.2. The van der Waals surface area contributed by atoms with E-state index in [1.807, 2.05) is 168 Å². The molecule has 0 atom stereocenters. The van der Waals surface area contributed by atoms with Crippen LogP contribution in [0, 0.1) is 0 Å². The number of benzene rings is 1. The van der Waals surface area contributed by atoms with Crippen molar-refractivity contribution in [2.24, 2.45) is 14.0 Å². The van der Waals surface area contributed by atoms with Gasteiger partial charge in [0.25, 0.3) is 51.2 Å². The normalized spacial score (nSPS) is 13.5. The minimum absolute atomic E-state index is 0.410. The Labute approximate surface area is 586 Å². The van der Waals surface area contributed by atoms with Crippen LogP contribution in [0.15, 0.2) is 219 Å². The summed E-state index contributed by atoms with van der Waals surface area (Å²) < 4.78 is 56.1. The number of imidazole rings is 8. The molecule has 0 saturated heterocycles. The predicted molar refractivity (Wildman–Crippen MR) is 373 cm³/mol. The minimum atomic E-state index is -2.34. The summed E-state index contributed by atoms with van der Waals surface area (Å²) in [6.07, 6.45) is 27.5. The fraction of sp³-hybridized carbons (Fsp3) is 0.0959. The predicted octanol–water partition coefficient (Wildman–Crippen LogP) is 7.09. The van der Waals surface area contributed by atoms with E-state index >= 15 is 0 Å². The van der Waals surface area contributed by atoms with E-state index in [0.29, 0.717) is 47.6 Å². The number of pyridine rings is 5. The summed E-state index contributed by atoms with van der Waals surface area (Å²) in [4.78, 5) is 67.6. The summed E-state index contributed by atoms with van der Waals surface area (Å²) in [7, 11) is 2.04. The molecule has 103 heavy (non-hydrogen) atoms. The molecule has 0 amide bonds. The summed E-state index contributed by atoms with van der Waals surface area (Å²) in [6, 6.07) is 39.8. The Kier molecular flexibility index (Phi) is 11.3. The van der Waals surface area contributed by atoms with Crippen LogP contribution in [0.3, 0.4) is 0 Å². The Morgan fingerprint density at radius 3 is 1.31 bits per heavy atom. The van der Waals surface area contributed by atoms with Gasteiger partial charge in [0, 0.05) is 62.0 Å². The molecule has 20 aromatic heterocycles. The van der Waals surface area contributed by atoms with Crippen molar-refractivity contribution >= 4 is 95.9 Å². The Bertz CT molecular complexity index is 7090. The molecule has 21 aromatic rings. The maximum Gasteiger partial charge on any atom is 0.356 e. The highest BCUT2D eigenvalue weighted by molar-refractivity contribution is 7.20. The van der Waals surface area contributed by atoms with Gasteiger partial charge in [-0.2, -0.15) is 56.5 Å². The van der Waals surface area contributed by atoms with E-state index in [2.05, 4.69) is 128 Å². The second kappa shape index (κ2) is 21.7. The van der Waals surface area contributed by atoms with Crippen molar-refractivity contribution in [2.75, 3.05) is 0 Å². The molecule has 5 aliphatic rings. The number of nitrogens with zero attached hydrogens (tertiary/aromatic N) is 28. The fourth-order valence-electron chi connectivity index (χ4n) is 15.1. The number of aromatic nitrogens is 28. The van der Waals surface area contributed by atoms with E-state index < -0.39 is 6.98 Å². The van der Waals surface area contributed by atoms with Crippen LogP contribution in [0.2, 0.25) is 0 Å². The van der Waals surface area contributed by atoms with E-state index in [0.717, 1.165) is 144 Å². The number of oxazole rings is 1. The van der Waals surface area contributed by atoms with Gasteiger partial charge >= 0.3 is 34.5 Å². The van der Waals surface area contributed by atoms with E-state index in [9.17, 15) is 0 Å². The Morgan fingerprint density at radius 1 is 0.359 bits per heavy atom. The minimum Gasteiger partial charge on any atom is -0.395 e. The maximum atomic E-state index is 7.95. The smallest absolute Gasteiger partial charge is 0.356 e. The number of rotatable bonds is 1. The van der Waals surface area contributed by atoms with Gasteiger partial charge in [-0.25, -0.2) is 46.9 Å². The van der Waals surface area contributed by atoms with Crippen molar-refractivity contribution in [3.05, 3.63) is 243 Å². The van der Waals surface area contributed by atoms with E-state index in [1.165, 1.54) is 20.7 Å². The summed E-state index contributed by atoms with van der Waals surface area (Å²) in [5.41, 5.74) is 19.5. The molecule has 25 heterocycles. The molecule has 0 N–H and O–H groups in total. The zero-order valence-corrected chi connectivity index (χ0v) is 54.9. The van der Waals surface area contributed by atoms with Crippen LogP contribution in [0.1, 0.15) is 32.6 Å². The van der Waals surface area contributed by atoms with Crippen LogP contribution in [-0.4, -0.2) is 110 Å². The largest absolute Gasteiger partial charge is 0.395 e. The summed E-state index contributed by atoms with van der Waals surface area (Å²) in [5, 5.41) is 1.24. The lowest BCUT2D eigenvalue weighted by atomic mass is 10.2. The fourth-order valence-corrected chi connectivity index (χ4v) is 16.3. The van der Waals surface area contributed by atoms with Crippen LogP contribution < -0.4 is 22.8 Å². The molecule has 29 nitrogen and oxygen atoms in total. The first-order chi connectivity index (χ1) is 52.1. The number of para-hydroxylation sites is 1. The van der Waals surface area contributed by atoms with Gasteiger partial charge in [-0.1, -0.05) is 29.5 Å². The van der Waals surface area contributed by atoms with Crippen molar-refractivity contribution in [2.45, 2.75) is 32.7 Å². The number of hydrogen-bond donors (Lipinski definition) is 0. The third-order valence-electron chi connectivity index (χ3n) is 19.4. The van der Waals surface area contributed by atoms with Crippen LogP contribution in [0.25, 0.3) is 146 Å². The molecular formula is C73H51N28OS+5. The monoisotopic (exact) mass is 1370 g/mol. The second-order valence-electron chi connectivity index (χ2n) is 25.0. The topological polar surface area (TPSA) is 263 Å².